The summed E-state index contributed by atoms with van der Waals surface area (Å²) in [6.07, 6.45) is 4.32. The molecule has 0 bridgehead atoms. The summed E-state index contributed by atoms with van der Waals surface area (Å²) in [5.41, 5.74) is 10.7. The molecule has 30 heavy (non-hydrogen) atoms. The van der Waals surface area contributed by atoms with Gasteiger partial charge in [-0.1, -0.05) is 56.3 Å². The second-order valence-electron chi connectivity index (χ2n) is 8.39. The predicted octanol–water partition coefficient (Wildman–Crippen LogP) is 5.22. The molecule has 2 heterocycles. The lowest BCUT2D eigenvalue weighted by Gasteiger charge is -2.34. The number of anilines is 3. The van der Waals surface area contributed by atoms with Crippen LogP contribution in [0.15, 0.2) is 60.8 Å². The van der Waals surface area contributed by atoms with E-state index in [-0.39, 0.29) is 0 Å². The van der Waals surface area contributed by atoms with Crippen molar-refractivity contribution < 1.29 is 0 Å². The van der Waals surface area contributed by atoms with Gasteiger partial charge in [0.2, 0.25) is 5.95 Å². The number of nitrogens with zero attached hydrogens (tertiary/aromatic N) is 3. The lowest BCUT2D eigenvalue weighted by atomic mass is 9.87. The van der Waals surface area contributed by atoms with Gasteiger partial charge >= 0.3 is 0 Å². The van der Waals surface area contributed by atoms with Crippen molar-refractivity contribution in [2.75, 3.05) is 23.3 Å². The van der Waals surface area contributed by atoms with Crippen molar-refractivity contribution in [1.82, 2.24) is 9.97 Å². The molecule has 1 aliphatic rings. The molecule has 3 N–H and O–H groups in total. The molecule has 5 heteroatoms. The molecule has 1 fully saturated rings. The third kappa shape index (κ3) is 4.62. The Morgan fingerprint density at radius 2 is 1.73 bits per heavy atom. The summed E-state index contributed by atoms with van der Waals surface area (Å²) < 4.78 is 0. The molecule has 0 atom stereocenters. The van der Waals surface area contributed by atoms with Crippen LogP contribution in [0.25, 0.3) is 11.3 Å². The Morgan fingerprint density at radius 1 is 1.03 bits per heavy atom. The standard InChI is InChI=1S/C25H31N5/c1-18(2)20-12-14-30(15-13-20)25-27-17-23(24(29-25)21-6-4-3-5-7-21)28-22-10-8-19(16-26)9-11-22/h3-11,17-18,20,28H,12-16,26H2,1-2H3. The van der Waals surface area contributed by atoms with E-state index in [9.17, 15) is 0 Å². The monoisotopic (exact) mass is 401 g/mol. The van der Waals surface area contributed by atoms with E-state index < -0.39 is 0 Å². The third-order valence-corrected chi connectivity index (χ3v) is 6.06. The second kappa shape index (κ2) is 9.26. The first-order chi connectivity index (χ1) is 14.6. The highest BCUT2D eigenvalue weighted by Crippen LogP contribution is 2.32. The zero-order chi connectivity index (χ0) is 20.9. The summed E-state index contributed by atoms with van der Waals surface area (Å²) >= 11 is 0. The van der Waals surface area contributed by atoms with Crippen LogP contribution in [0, 0.1) is 11.8 Å². The summed E-state index contributed by atoms with van der Waals surface area (Å²) in [6.45, 7) is 7.23. The molecular formula is C25H31N5. The van der Waals surface area contributed by atoms with Gasteiger partial charge in [-0.3, -0.25) is 0 Å². The van der Waals surface area contributed by atoms with Gasteiger partial charge in [0.05, 0.1) is 17.6 Å². The normalized spacial score (nSPS) is 14.9. The van der Waals surface area contributed by atoms with E-state index in [1.807, 2.05) is 48.7 Å². The average molecular weight is 402 g/mol. The van der Waals surface area contributed by atoms with E-state index in [2.05, 4.69) is 36.2 Å². The molecule has 1 aromatic heterocycles. The van der Waals surface area contributed by atoms with E-state index in [1.165, 1.54) is 12.8 Å². The molecule has 5 nitrogen and oxygen atoms in total. The first-order valence-corrected chi connectivity index (χ1v) is 10.9. The van der Waals surface area contributed by atoms with Crippen LogP contribution in [0.1, 0.15) is 32.3 Å². The predicted molar refractivity (Wildman–Crippen MR) is 125 cm³/mol. The molecule has 0 amide bonds. The highest BCUT2D eigenvalue weighted by Gasteiger charge is 2.23. The lowest BCUT2D eigenvalue weighted by molar-refractivity contribution is 0.310. The number of aromatic nitrogens is 2. The zero-order valence-corrected chi connectivity index (χ0v) is 17.9. The lowest BCUT2D eigenvalue weighted by Crippen LogP contribution is -2.36. The Bertz CT molecular complexity index is 945. The van der Waals surface area contributed by atoms with Crippen LogP contribution in [0.4, 0.5) is 17.3 Å². The fourth-order valence-corrected chi connectivity index (χ4v) is 4.08. The van der Waals surface area contributed by atoms with Crippen molar-refractivity contribution in [2.45, 2.75) is 33.2 Å². The van der Waals surface area contributed by atoms with Crippen LogP contribution >= 0.6 is 0 Å². The molecule has 0 spiro atoms. The number of hydrogen-bond donors (Lipinski definition) is 2. The summed E-state index contributed by atoms with van der Waals surface area (Å²) in [5, 5.41) is 3.49. The molecule has 0 radical (unpaired) electrons. The molecular weight excluding hydrogens is 370 g/mol. The molecule has 1 aliphatic heterocycles. The summed E-state index contributed by atoms with van der Waals surface area (Å²) in [7, 11) is 0. The van der Waals surface area contributed by atoms with Crippen molar-refractivity contribution in [3.8, 4) is 11.3 Å². The van der Waals surface area contributed by atoms with Gasteiger partial charge in [0.25, 0.3) is 0 Å². The quantitative estimate of drug-likeness (QED) is 0.593. The molecule has 4 rings (SSSR count). The maximum absolute atomic E-state index is 5.72. The van der Waals surface area contributed by atoms with Crippen LogP contribution in [-0.4, -0.2) is 23.1 Å². The zero-order valence-electron chi connectivity index (χ0n) is 17.9. The molecule has 0 saturated carbocycles. The van der Waals surface area contributed by atoms with Crippen molar-refractivity contribution in [2.24, 2.45) is 17.6 Å². The second-order valence-corrected chi connectivity index (χ2v) is 8.39. The van der Waals surface area contributed by atoms with Crippen LogP contribution in [0.3, 0.4) is 0 Å². The van der Waals surface area contributed by atoms with Gasteiger partial charge < -0.3 is 16.0 Å². The van der Waals surface area contributed by atoms with Gasteiger partial charge in [0.15, 0.2) is 0 Å². The summed E-state index contributed by atoms with van der Waals surface area (Å²) in [4.78, 5) is 12.0. The van der Waals surface area contributed by atoms with Gasteiger partial charge in [-0.05, 0) is 42.4 Å². The minimum absolute atomic E-state index is 0.543. The Balaban J connectivity index is 1.62. The number of nitrogens with one attached hydrogen (secondary N) is 1. The van der Waals surface area contributed by atoms with Gasteiger partial charge in [0.1, 0.15) is 0 Å². The van der Waals surface area contributed by atoms with Crippen molar-refractivity contribution in [3.63, 3.8) is 0 Å². The van der Waals surface area contributed by atoms with Crippen molar-refractivity contribution in [1.29, 1.82) is 0 Å². The minimum Gasteiger partial charge on any atom is -0.352 e. The first-order valence-electron chi connectivity index (χ1n) is 10.9. The largest absolute Gasteiger partial charge is 0.352 e. The minimum atomic E-state index is 0.543. The molecule has 0 aliphatic carbocycles. The van der Waals surface area contributed by atoms with Gasteiger partial charge in [-0.2, -0.15) is 0 Å². The molecule has 0 unspecified atom stereocenters. The van der Waals surface area contributed by atoms with Crippen molar-refractivity contribution in [3.05, 3.63) is 66.4 Å². The maximum Gasteiger partial charge on any atom is 0.225 e. The fourth-order valence-electron chi connectivity index (χ4n) is 4.08. The van der Waals surface area contributed by atoms with E-state index in [0.717, 1.165) is 59.1 Å². The number of hydrogen-bond acceptors (Lipinski definition) is 5. The van der Waals surface area contributed by atoms with Gasteiger partial charge in [-0.15, -0.1) is 0 Å². The number of benzene rings is 2. The molecule has 156 valence electrons. The van der Waals surface area contributed by atoms with Crippen LogP contribution in [0.5, 0.6) is 0 Å². The van der Waals surface area contributed by atoms with E-state index in [4.69, 9.17) is 15.7 Å². The number of rotatable bonds is 6. The third-order valence-electron chi connectivity index (χ3n) is 6.06. The van der Waals surface area contributed by atoms with E-state index >= 15 is 0 Å². The SMILES string of the molecule is CC(C)C1CCN(c2ncc(Nc3ccc(CN)cc3)c(-c3ccccc3)n2)CC1. The highest BCUT2D eigenvalue weighted by molar-refractivity contribution is 5.78. The number of nitrogens with two attached hydrogens (primary N) is 1. The van der Waals surface area contributed by atoms with Crippen LogP contribution in [-0.2, 0) is 6.54 Å². The summed E-state index contributed by atoms with van der Waals surface area (Å²) in [5.74, 6) is 2.36. The smallest absolute Gasteiger partial charge is 0.225 e. The Hall–Kier alpha value is -2.92. The fraction of sp³-hybridized carbons (Fsp3) is 0.360. The van der Waals surface area contributed by atoms with Gasteiger partial charge in [-0.25, -0.2) is 9.97 Å². The molecule has 3 aromatic rings. The van der Waals surface area contributed by atoms with E-state index in [1.54, 1.807) is 0 Å². The first kappa shape index (κ1) is 20.4. The Morgan fingerprint density at radius 3 is 2.37 bits per heavy atom. The van der Waals surface area contributed by atoms with Crippen molar-refractivity contribution >= 4 is 17.3 Å². The van der Waals surface area contributed by atoms with Gasteiger partial charge in [0, 0.05) is 30.9 Å². The highest BCUT2D eigenvalue weighted by atomic mass is 15.3. The van der Waals surface area contributed by atoms with Crippen LogP contribution in [0.2, 0.25) is 0 Å². The van der Waals surface area contributed by atoms with E-state index in [0.29, 0.717) is 6.54 Å². The average Bonchev–Trinajstić information content (AvgIpc) is 2.80. The maximum atomic E-state index is 5.72. The molecule has 1 saturated heterocycles. The topological polar surface area (TPSA) is 67.1 Å². The molecule has 2 aromatic carbocycles. The number of piperidine rings is 1. The Labute approximate surface area is 179 Å². The summed E-state index contributed by atoms with van der Waals surface area (Å²) in [6, 6.07) is 18.5. The van der Waals surface area contributed by atoms with Crippen LogP contribution < -0.4 is 16.0 Å². The Kier molecular flexibility index (Phi) is 6.29.